The normalized spacial score (nSPS) is 13.1. The molecular formula is C11H18O. The molecule has 1 atom stereocenters. The van der Waals surface area contributed by atoms with Crippen molar-refractivity contribution in [3.05, 3.63) is 12.2 Å². The number of aliphatic hydroxyl groups excluding tert-OH is 1. The fourth-order valence-electron chi connectivity index (χ4n) is 0.923. The molecule has 0 aromatic carbocycles. The molecule has 0 aliphatic rings. The van der Waals surface area contributed by atoms with Crippen molar-refractivity contribution in [3.63, 3.8) is 0 Å². The number of hydrogen-bond acceptors (Lipinski definition) is 1. The van der Waals surface area contributed by atoms with Gasteiger partial charge in [-0.05, 0) is 12.8 Å². The third-order valence-corrected chi connectivity index (χ3v) is 1.69. The standard InChI is InChI=1S/C11H18O/c1-3-5-6-7-8-9-10-11(12)4-2/h2,8-9,11-12H,3,5-7,10H2,1H3/t11-/m1/s1. The van der Waals surface area contributed by atoms with Crippen LogP contribution in [0.15, 0.2) is 12.2 Å². The Bertz CT molecular complexity index is 153. The highest BCUT2D eigenvalue weighted by Crippen LogP contribution is 2.00. The van der Waals surface area contributed by atoms with E-state index in [1.807, 2.05) is 6.08 Å². The Morgan fingerprint density at radius 2 is 2.17 bits per heavy atom. The van der Waals surface area contributed by atoms with Crippen LogP contribution in [0.25, 0.3) is 0 Å². The minimum Gasteiger partial charge on any atom is -0.380 e. The first-order valence-electron chi connectivity index (χ1n) is 4.60. The van der Waals surface area contributed by atoms with Crippen LogP contribution in [0.1, 0.15) is 39.0 Å². The zero-order valence-corrected chi connectivity index (χ0v) is 7.79. The van der Waals surface area contributed by atoms with Crippen LogP contribution >= 0.6 is 0 Å². The highest BCUT2D eigenvalue weighted by atomic mass is 16.3. The van der Waals surface area contributed by atoms with Gasteiger partial charge in [-0.25, -0.2) is 0 Å². The molecule has 0 spiro atoms. The molecule has 0 unspecified atom stereocenters. The molecule has 0 aliphatic carbocycles. The van der Waals surface area contributed by atoms with Crippen LogP contribution in [0.3, 0.4) is 0 Å². The summed E-state index contributed by atoms with van der Waals surface area (Å²) < 4.78 is 0. The highest BCUT2D eigenvalue weighted by molar-refractivity contribution is 4.98. The summed E-state index contributed by atoms with van der Waals surface area (Å²) in [6, 6.07) is 0. The number of hydrogen-bond donors (Lipinski definition) is 1. The van der Waals surface area contributed by atoms with E-state index in [4.69, 9.17) is 11.5 Å². The molecule has 0 bridgehead atoms. The molecular weight excluding hydrogens is 148 g/mol. The Hall–Kier alpha value is -0.740. The van der Waals surface area contributed by atoms with Crippen LogP contribution < -0.4 is 0 Å². The average Bonchev–Trinajstić information content (AvgIpc) is 2.10. The van der Waals surface area contributed by atoms with Gasteiger partial charge < -0.3 is 5.11 Å². The van der Waals surface area contributed by atoms with Gasteiger partial charge in [0.15, 0.2) is 0 Å². The van der Waals surface area contributed by atoms with E-state index in [1.165, 1.54) is 19.3 Å². The molecule has 0 heterocycles. The Morgan fingerprint density at radius 1 is 1.42 bits per heavy atom. The third-order valence-electron chi connectivity index (χ3n) is 1.69. The average molecular weight is 166 g/mol. The maximum absolute atomic E-state index is 8.97. The Labute approximate surface area is 75.5 Å². The molecule has 0 amide bonds. The topological polar surface area (TPSA) is 20.2 Å². The molecule has 0 aromatic heterocycles. The fourth-order valence-corrected chi connectivity index (χ4v) is 0.923. The van der Waals surface area contributed by atoms with E-state index < -0.39 is 6.10 Å². The maximum atomic E-state index is 8.97. The lowest BCUT2D eigenvalue weighted by Crippen LogP contribution is -1.98. The van der Waals surface area contributed by atoms with Gasteiger partial charge in [-0.15, -0.1) is 6.42 Å². The molecule has 0 radical (unpaired) electrons. The molecule has 0 rings (SSSR count). The number of unbranched alkanes of at least 4 members (excludes halogenated alkanes) is 3. The summed E-state index contributed by atoms with van der Waals surface area (Å²) in [6.07, 6.45) is 13.9. The molecule has 0 saturated heterocycles. The Morgan fingerprint density at radius 3 is 2.75 bits per heavy atom. The van der Waals surface area contributed by atoms with Gasteiger partial charge in [0.05, 0.1) is 0 Å². The van der Waals surface area contributed by atoms with Crippen LogP contribution in [-0.4, -0.2) is 11.2 Å². The zero-order valence-electron chi connectivity index (χ0n) is 7.79. The van der Waals surface area contributed by atoms with Crippen molar-refractivity contribution < 1.29 is 5.11 Å². The SMILES string of the molecule is C#C[C@@H](O)CC=CCCCCC. The van der Waals surface area contributed by atoms with Crippen LogP contribution in [-0.2, 0) is 0 Å². The van der Waals surface area contributed by atoms with E-state index in [9.17, 15) is 0 Å². The fraction of sp³-hybridized carbons (Fsp3) is 0.636. The minimum atomic E-state index is -0.604. The van der Waals surface area contributed by atoms with E-state index in [2.05, 4.69) is 18.9 Å². The molecule has 1 nitrogen and oxygen atoms in total. The van der Waals surface area contributed by atoms with Crippen molar-refractivity contribution in [2.45, 2.75) is 45.1 Å². The lowest BCUT2D eigenvalue weighted by atomic mass is 10.2. The van der Waals surface area contributed by atoms with E-state index >= 15 is 0 Å². The summed E-state index contributed by atoms with van der Waals surface area (Å²) in [7, 11) is 0. The van der Waals surface area contributed by atoms with Crippen molar-refractivity contribution in [3.8, 4) is 12.3 Å². The first-order valence-corrected chi connectivity index (χ1v) is 4.60. The van der Waals surface area contributed by atoms with E-state index in [-0.39, 0.29) is 0 Å². The van der Waals surface area contributed by atoms with Crippen LogP contribution in [0.5, 0.6) is 0 Å². The van der Waals surface area contributed by atoms with Crippen LogP contribution in [0, 0.1) is 12.3 Å². The predicted molar refractivity (Wildman–Crippen MR) is 52.7 cm³/mol. The third kappa shape index (κ3) is 7.37. The molecule has 1 N–H and O–H groups in total. The first kappa shape index (κ1) is 11.3. The smallest absolute Gasteiger partial charge is 0.117 e. The number of allylic oxidation sites excluding steroid dienone is 1. The van der Waals surface area contributed by atoms with Crippen molar-refractivity contribution in [1.29, 1.82) is 0 Å². The Balaban J connectivity index is 3.21. The lowest BCUT2D eigenvalue weighted by Gasteiger charge is -1.96. The summed E-state index contributed by atoms with van der Waals surface area (Å²) in [5.74, 6) is 2.27. The molecule has 12 heavy (non-hydrogen) atoms. The van der Waals surface area contributed by atoms with Crippen LogP contribution in [0.2, 0.25) is 0 Å². The van der Waals surface area contributed by atoms with Gasteiger partial charge in [-0.1, -0.05) is 37.8 Å². The molecule has 1 heteroatoms. The summed E-state index contributed by atoms with van der Waals surface area (Å²) in [5, 5.41) is 8.97. The monoisotopic (exact) mass is 166 g/mol. The number of aliphatic hydroxyl groups is 1. The minimum absolute atomic E-state index is 0.586. The van der Waals surface area contributed by atoms with Gasteiger partial charge in [0.2, 0.25) is 0 Å². The summed E-state index contributed by atoms with van der Waals surface area (Å²) >= 11 is 0. The second kappa shape index (κ2) is 8.36. The van der Waals surface area contributed by atoms with E-state index in [1.54, 1.807) is 0 Å². The number of terminal acetylenes is 1. The van der Waals surface area contributed by atoms with Gasteiger partial charge in [0.25, 0.3) is 0 Å². The van der Waals surface area contributed by atoms with E-state index in [0.29, 0.717) is 6.42 Å². The summed E-state index contributed by atoms with van der Waals surface area (Å²) in [4.78, 5) is 0. The highest BCUT2D eigenvalue weighted by Gasteiger charge is 1.91. The Kier molecular flexibility index (Phi) is 7.84. The van der Waals surface area contributed by atoms with Gasteiger partial charge in [0.1, 0.15) is 6.10 Å². The van der Waals surface area contributed by atoms with Crippen molar-refractivity contribution in [1.82, 2.24) is 0 Å². The molecule has 0 saturated carbocycles. The molecule has 68 valence electrons. The largest absolute Gasteiger partial charge is 0.380 e. The van der Waals surface area contributed by atoms with Gasteiger partial charge in [-0.2, -0.15) is 0 Å². The maximum Gasteiger partial charge on any atom is 0.117 e. The second-order valence-corrected chi connectivity index (χ2v) is 2.89. The lowest BCUT2D eigenvalue weighted by molar-refractivity contribution is 0.236. The summed E-state index contributed by atoms with van der Waals surface area (Å²) in [5.41, 5.74) is 0. The van der Waals surface area contributed by atoms with Gasteiger partial charge in [0, 0.05) is 6.42 Å². The van der Waals surface area contributed by atoms with E-state index in [0.717, 1.165) is 6.42 Å². The zero-order chi connectivity index (χ0) is 9.23. The molecule has 0 fully saturated rings. The van der Waals surface area contributed by atoms with Crippen LogP contribution in [0.4, 0.5) is 0 Å². The molecule has 0 aromatic rings. The van der Waals surface area contributed by atoms with Crippen molar-refractivity contribution >= 4 is 0 Å². The van der Waals surface area contributed by atoms with Crippen molar-refractivity contribution in [2.75, 3.05) is 0 Å². The number of rotatable bonds is 6. The van der Waals surface area contributed by atoms with Crippen molar-refractivity contribution in [2.24, 2.45) is 0 Å². The quantitative estimate of drug-likeness (QED) is 0.365. The molecule has 0 aliphatic heterocycles. The van der Waals surface area contributed by atoms with Gasteiger partial charge >= 0.3 is 0 Å². The first-order chi connectivity index (χ1) is 5.81. The summed E-state index contributed by atoms with van der Waals surface area (Å²) in [6.45, 7) is 2.19. The van der Waals surface area contributed by atoms with Gasteiger partial charge in [-0.3, -0.25) is 0 Å². The predicted octanol–water partition coefficient (Wildman–Crippen LogP) is 2.51. The second-order valence-electron chi connectivity index (χ2n) is 2.89.